The molecular formula is C13H19NO4. The number of aliphatic carboxylic acids is 1. The van der Waals surface area contributed by atoms with E-state index < -0.39 is 12.0 Å². The van der Waals surface area contributed by atoms with Crippen LogP contribution >= 0.6 is 0 Å². The van der Waals surface area contributed by atoms with Gasteiger partial charge in [0.1, 0.15) is 0 Å². The molecule has 3 N–H and O–H groups in total. The number of carbonyl (C=O) groups is 1. The lowest BCUT2D eigenvalue weighted by atomic mass is 10.0. The van der Waals surface area contributed by atoms with Gasteiger partial charge in [0.05, 0.1) is 20.1 Å². The van der Waals surface area contributed by atoms with Crippen molar-refractivity contribution in [1.82, 2.24) is 0 Å². The van der Waals surface area contributed by atoms with Gasteiger partial charge in [0.15, 0.2) is 11.5 Å². The van der Waals surface area contributed by atoms with Gasteiger partial charge in [-0.3, -0.25) is 4.79 Å². The minimum absolute atomic E-state index is 0.112. The molecule has 1 unspecified atom stereocenters. The largest absolute Gasteiger partial charge is 0.493 e. The highest BCUT2D eigenvalue weighted by atomic mass is 16.5. The van der Waals surface area contributed by atoms with E-state index >= 15 is 0 Å². The fourth-order valence-corrected chi connectivity index (χ4v) is 1.55. The molecule has 0 saturated carbocycles. The van der Waals surface area contributed by atoms with Crippen LogP contribution in [0.5, 0.6) is 11.5 Å². The normalized spacial score (nSPS) is 11.9. The summed E-state index contributed by atoms with van der Waals surface area (Å²) in [6, 6.07) is 4.69. The first-order chi connectivity index (χ1) is 8.58. The van der Waals surface area contributed by atoms with E-state index in [1.807, 2.05) is 6.92 Å². The maximum Gasteiger partial charge on any atom is 0.305 e. The number of hydrogen-bond acceptors (Lipinski definition) is 4. The lowest BCUT2D eigenvalue weighted by molar-refractivity contribution is -0.137. The first kappa shape index (κ1) is 14.3. The highest BCUT2D eigenvalue weighted by Gasteiger charge is 2.13. The standard InChI is InChI=1S/C13H19NO4/c1-3-6-18-12-7-9(4-5-11(12)17-2)10(14)8-13(15)16/h4-5,7,10H,3,6,8,14H2,1-2H3,(H,15,16). The number of carboxylic acids is 1. The Morgan fingerprint density at radius 2 is 2.17 bits per heavy atom. The van der Waals surface area contributed by atoms with E-state index in [4.69, 9.17) is 20.3 Å². The van der Waals surface area contributed by atoms with Gasteiger partial charge in [0.2, 0.25) is 0 Å². The molecule has 0 radical (unpaired) electrons. The molecule has 1 atom stereocenters. The molecule has 0 bridgehead atoms. The van der Waals surface area contributed by atoms with Crippen LogP contribution < -0.4 is 15.2 Å². The Morgan fingerprint density at radius 3 is 2.72 bits per heavy atom. The fourth-order valence-electron chi connectivity index (χ4n) is 1.55. The maximum absolute atomic E-state index is 10.6. The van der Waals surface area contributed by atoms with Crippen LogP contribution in [0.15, 0.2) is 18.2 Å². The van der Waals surface area contributed by atoms with Gasteiger partial charge in [-0.1, -0.05) is 13.0 Å². The second kappa shape index (κ2) is 6.86. The number of rotatable bonds is 7. The number of methoxy groups -OCH3 is 1. The van der Waals surface area contributed by atoms with Crippen LogP contribution in [0.3, 0.4) is 0 Å². The third-order valence-electron chi connectivity index (χ3n) is 2.47. The van der Waals surface area contributed by atoms with Crippen LogP contribution in [0.2, 0.25) is 0 Å². The average molecular weight is 253 g/mol. The Balaban J connectivity index is 2.90. The molecule has 0 aliphatic heterocycles. The van der Waals surface area contributed by atoms with E-state index in [-0.39, 0.29) is 6.42 Å². The summed E-state index contributed by atoms with van der Waals surface area (Å²) in [5.41, 5.74) is 6.53. The van der Waals surface area contributed by atoms with Crippen molar-refractivity contribution < 1.29 is 19.4 Å². The van der Waals surface area contributed by atoms with Crippen LogP contribution in [0.1, 0.15) is 31.4 Å². The predicted octanol–water partition coefficient (Wildman–Crippen LogP) is 1.96. The zero-order valence-corrected chi connectivity index (χ0v) is 10.7. The summed E-state index contributed by atoms with van der Waals surface area (Å²) in [6.45, 7) is 2.58. The van der Waals surface area contributed by atoms with Gasteiger partial charge in [0.25, 0.3) is 0 Å². The van der Waals surface area contributed by atoms with Crippen molar-refractivity contribution in [3.8, 4) is 11.5 Å². The summed E-state index contributed by atoms with van der Waals surface area (Å²) < 4.78 is 10.7. The molecular weight excluding hydrogens is 234 g/mol. The maximum atomic E-state index is 10.6. The number of nitrogens with two attached hydrogens (primary N) is 1. The molecule has 0 aromatic heterocycles. The Morgan fingerprint density at radius 1 is 1.44 bits per heavy atom. The molecule has 0 aliphatic rings. The van der Waals surface area contributed by atoms with Gasteiger partial charge in [-0.05, 0) is 24.1 Å². The topological polar surface area (TPSA) is 81.8 Å². The summed E-state index contributed by atoms with van der Waals surface area (Å²) in [4.78, 5) is 10.6. The Hall–Kier alpha value is -1.75. The van der Waals surface area contributed by atoms with Gasteiger partial charge >= 0.3 is 5.97 Å². The monoisotopic (exact) mass is 253 g/mol. The molecule has 5 heteroatoms. The van der Waals surface area contributed by atoms with Crippen LogP contribution in [-0.2, 0) is 4.79 Å². The Bertz CT molecular complexity index is 406. The first-order valence-corrected chi connectivity index (χ1v) is 5.86. The minimum atomic E-state index is -0.922. The molecule has 0 aliphatic carbocycles. The van der Waals surface area contributed by atoms with Crippen LogP contribution in [-0.4, -0.2) is 24.8 Å². The smallest absolute Gasteiger partial charge is 0.305 e. The zero-order chi connectivity index (χ0) is 13.5. The molecule has 1 rings (SSSR count). The third-order valence-corrected chi connectivity index (χ3v) is 2.47. The highest BCUT2D eigenvalue weighted by molar-refractivity contribution is 5.68. The Kier molecular flexibility index (Phi) is 5.45. The van der Waals surface area contributed by atoms with Crippen LogP contribution in [0.25, 0.3) is 0 Å². The van der Waals surface area contributed by atoms with Crippen molar-refractivity contribution in [2.75, 3.05) is 13.7 Å². The van der Waals surface area contributed by atoms with E-state index in [0.717, 1.165) is 12.0 Å². The molecule has 0 heterocycles. The van der Waals surface area contributed by atoms with Crippen LogP contribution in [0, 0.1) is 0 Å². The first-order valence-electron chi connectivity index (χ1n) is 5.86. The fraction of sp³-hybridized carbons (Fsp3) is 0.462. The van der Waals surface area contributed by atoms with Crippen molar-refractivity contribution >= 4 is 5.97 Å². The number of carboxylic acid groups (broad SMARTS) is 1. The lowest BCUT2D eigenvalue weighted by Gasteiger charge is -2.14. The number of hydrogen-bond donors (Lipinski definition) is 2. The lowest BCUT2D eigenvalue weighted by Crippen LogP contribution is -2.15. The van der Waals surface area contributed by atoms with Gasteiger partial charge in [0, 0.05) is 6.04 Å². The average Bonchev–Trinajstić information content (AvgIpc) is 2.35. The molecule has 0 amide bonds. The molecule has 100 valence electrons. The Labute approximate surface area is 107 Å². The second-order valence-electron chi connectivity index (χ2n) is 3.96. The van der Waals surface area contributed by atoms with Crippen molar-refractivity contribution in [3.63, 3.8) is 0 Å². The molecule has 5 nitrogen and oxygen atoms in total. The quantitative estimate of drug-likeness (QED) is 0.776. The van der Waals surface area contributed by atoms with E-state index in [9.17, 15) is 4.79 Å². The van der Waals surface area contributed by atoms with E-state index in [0.29, 0.717) is 18.1 Å². The third kappa shape index (κ3) is 3.92. The van der Waals surface area contributed by atoms with E-state index in [1.54, 1.807) is 25.3 Å². The predicted molar refractivity (Wildman–Crippen MR) is 68.0 cm³/mol. The van der Waals surface area contributed by atoms with Crippen molar-refractivity contribution in [2.24, 2.45) is 5.73 Å². The van der Waals surface area contributed by atoms with E-state index in [1.165, 1.54) is 0 Å². The van der Waals surface area contributed by atoms with Gasteiger partial charge in [-0.2, -0.15) is 0 Å². The summed E-state index contributed by atoms with van der Waals surface area (Å²) in [5.74, 6) is 0.293. The summed E-state index contributed by atoms with van der Waals surface area (Å²) in [5, 5.41) is 8.72. The summed E-state index contributed by atoms with van der Waals surface area (Å²) in [7, 11) is 1.56. The summed E-state index contributed by atoms with van der Waals surface area (Å²) >= 11 is 0. The van der Waals surface area contributed by atoms with Gasteiger partial charge < -0.3 is 20.3 Å². The SMILES string of the molecule is CCCOc1cc(C(N)CC(=O)O)ccc1OC. The molecule has 0 spiro atoms. The molecule has 0 saturated heterocycles. The van der Waals surface area contributed by atoms with Crippen molar-refractivity contribution in [3.05, 3.63) is 23.8 Å². The zero-order valence-electron chi connectivity index (χ0n) is 10.7. The van der Waals surface area contributed by atoms with Crippen molar-refractivity contribution in [1.29, 1.82) is 0 Å². The second-order valence-corrected chi connectivity index (χ2v) is 3.96. The van der Waals surface area contributed by atoms with Crippen molar-refractivity contribution in [2.45, 2.75) is 25.8 Å². The van der Waals surface area contributed by atoms with E-state index in [2.05, 4.69) is 0 Å². The van der Waals surface area contributed by atoms with Crippen LogP contribution in [0.4, 0.5) is 0 Å². The number of ether oxygens (including phenoxy) is 2. The molecule has 0 fully saturated rings. The molecule has 1 aromatic rings. The molecule has 18 heavy (non-hydrogen) atoms. The summed E-state index contributed by atoms with van der Waals surface area (Å²) in [6.07, 6.45) is 0.772. The minimum Gasteiger partial charge on any atom is -0.493 e. The van der Waals surface area contributed by atoms with Gasteiger partial charge in [-0.15, -0.1) is 0 Å². The number of benzene rings is 1. The van der Waals surface area contributed by atoms with Gasteiger partial charge in [-0.25, -0.2) is 0 Å². The molecule has 1 aromatic carbocycles. The highest BCUT2D eigenvalue weighted by Crippen LogP contribution is 2.30.